The Kier molecular flexibility index (Phi) is 5.06. The predicted octanol–water partition coefficient (Wildman–Crippen LogP) is 5.88. The van der Waals surface area contributed by atoms with Gasteiger partial charge in [0, 0.05) is 8.95 Å². The smallest absolute Gasteiger partial charge is 0.256 e. The van der Waals surface area contributed by atoms with E-state index in [1.807, 2.05) is 12.1 Å². The summed E-state index contributed by atoms with van der Waals surface area (Å²) in [6.07, 6.45) is 0. The average molecular weight is 468 g/mol. The molecule has 0 aliphatic rings. The van der Waals surface area contributed by atoms with Crippen LogP contribution >= 0.6 is 59.4 Å². The molecule has 2 aromatic carbocycles. The van der Waals surface area contributed by atoms with E-state index in [0.29, 0.717) is 20.7 Å². The van der Waals surface area contributed by atoms with Gasteiger partial charge < -0.3 is 5.32 Å². The molecule has 0 aliphatic carbocycles. The molecule has 0 bridgehead atoms. The van der Waals surface area contributed by atoms with Crippen LogP contribution in [-0.4, -0.2) is 5.91 Å². The lowest BCUT2D eigenvalue weighted by Crippen LogP contribution is -2.13. The second-order valence-corrected chi connectivity index (χ2v) is 6.65. The number of carbonyl (C=O) groups excluding carboxylic acids is 1. The Balaban J connectivity index is 2.28. The Morgan fingerprint density at radius 3 is 2.53 bits per heavy atom. The number of hydrogen-bond acceptors (Lipinski definition) is 1. The maximum absolute atomic E-state index is 12.2. The largest absolute Gasteiger partial charge is 0.321 e. The third kappa shape index (κ3) is 3.60. The summed E-state index contributed by atoms with van der Waals surface area (Å²) in [6.45, 7) is 0. The summed E-state index contributed by atoms with van der Waals surface area (Å²) in [7, 11) is 0. The lowest BCUT2D eigenvalue weighted by molar-refractivity contribution is 0.102. The zero-order valence-corrected chi connectivity index (χ0v) is 14.9. The molecule has 19 heavy (non-hydrogen) atoms. The maximum atomic E-state index is 12.2. The molecule has 6 heteroatoms. The number of anilines is 1. The Morgan fingerprint density at radius 2 is 1.84 bits per heavy atom. The minimum atomic E-state index is -0.206. The van der Waals surface area contributed by atoms with Gasteiger partial charge >= 0.3 is 0 Å². The van der Waals surface area contributed by atoms with Crippen LogP contribution < -0.4 is 5.32 Å². The van der Waals surface area contributed by atoms with Crippen LogP contribution in [0.25, 0.3) is 0 Å². The molecule has 0 unspecified atom stereocenters. The highest BCUT2D eigenvalue weighted by Crippen LogP contribution is 2.31. The lowest BCUT2D eigenvalue weighted by atomic mass is 10.2. The Hall–Kier alpha value is -0.360. The van der Waals surface area contributed by atoms with Crippen molar-refractivity contribution in [3.63, 3.8) is 0 Å². The molecule has 1 N–H and O–H groups in total. The maximum Gasteiger partial charge on any atom is 0.256 e. The fraction of sp³-hybridized carbons (Fsp3) is 0. The summed E-state index contributed by atoms with van der Waals surface area (Å²) in [4.78, 5) is 12.2. The molecule has 0 radical (unpaired) electrons. The fourth-order valence-electron chi connectivity index (χ4n) is 1.46. The molecule has 0 aromatic heterocycles. The van der Waals surface area contributed by atoms with Gasteiger partial charge in [-0.3, -0.25) is 4.79 Å². The van der Waals surface area contributed by atoms with Gasteiger partial charge in [0.1, 0.15) is 0 Å². The van der Waals surface area contributed by atoms with Crippen LogP contribution in [0.15, 0.2) is 49.8 Å². The first kappa shape index (κ1) is 15.0. The highest BCUT2D eigenvalue weighted by atomic mass is 79.9. The summed E-state index contributed by atoms with van der Waals surface area (Å²) in [6, 6.07) is 10.7. The van der Waals surface area contributed by atoms with E-state index in [1.165, 1.54) is 0 Å². The molecule has 98 valence electrons. The van der Waals surface area contributed by atoms with Crippen molar-refractivity contribution < 1.29 is 4.79 Å². The van der Waals surface area contributed by atoms with Crippen LogP contribution in [0.1, 0.15) is 10.4 Å². The summed E-state index contributed by atoms with van der Waals surface area (Å²) >= 11 is 16.0. The van der Waals surface area contributed by atoms with Crippen LogP contribution in [0.2, 0.25) is 5.02 Å². The van der Waals surface area contributed by atoms with Gasteiger partial charge in [-0.1, -0.05) is 33.6 Å². The molecule has 0 fully saturated rings. The monoisotopic (exact) mass is 465 g/mol. The number of halogens is 4. The first-order chi connectivity index (χ1) is 8.99. The topological polar surface area (TPSA) is 29.1 Å². The Bertz CT molecular complexity index is 646. The number of amides is 1. The molecular weight excluding hydrogens is 461 g/mol. The molecule has 2 nitrogen and oxygen atoms in total. The fourth-order valence-corrected chi connectivity index (χ4v) is 3.23. The molecule has 2 aromatic rings. The highest BCUT2D eigenvalue weighted by Gasteiger charge is 2.12. The van der Waals surface area contributed by atoms with Crippen molar-refractivity contribution in [2.45, 2.75) is 0 Å². The third-order valence-corrected chi connectivity index (χ3v) is 4.92. The minimum absolute atomic E-state index is 0.206. The van der Waals surface area contributed by atoms with Crippen LogP contribution in [0, 0.1) is 0 Å². The zero-order valence-electron chi connectivity index (χ0n) is 9.38. The number of hydrogen-bond donors (Lipinski definition) is 1. The summed E-state index contributed by atoms with van der Waals surface area (Å²) in [5, 5.41) is 3.36. The van der Waals surface area contributed by atoms with E-state index < -0.39 is 0 Å². The van der Waals surface area contributed by atoms with Crippen LogP contribution in [0.3, 0.4) is 0 Å². The second-order valence-electron chi connectivity index (χ2n) is 3.68. The van der Waals surface area contributed by atoms with Gasteiger partial charge in [0.15, 0.2) is 0 Å². The summed E-state index contributed by atoms with van der Waals surface area (Å²) < 4.78 is 2.29. The van der Waals surface area contributed by atoms with E-state index in [4.69, 9.17) is 11.6 Å². The van der Waals surface area contributed by atoms with Crippen molar-refractivity contribution in [1.82, 2.24) is 0 Å². The number of rotatable bonds is 2. The molecule has 0 spiro atoms. The van der Waals surface area contributed by atoms with E-state index in [9.17, 15) is 4.79 Å². The van der Waals surface area contributed by atoms with Gasteiger partial charge in [0.05, 0.1) is 20.7 Å². The standard InChI is InChI=1S/C13H7Br3ClNO/c14-7-4-5-8(9(15)6-7)13(19)18-11-3-1-2-10(17)12(11)16/h1-6H,(H,18,19). The van der Waals surface area contributed by atoms with E-state index in [-0.39, 0.29) is 5.91 Å². The van der Waals surface area contributed by atoms with E-state index in [2.05, 4.69) is 53.1 Å². The number of nitrogens with one attached hydrogen (secondary N) is 1. The number of benzene rings is 2. The SMILES string of the molecule is O=C(Nc1cccc(Cl)c1Br)c1ccc(Br)cc1Br. The summed E-state index contributed by atoms with van der Waals surface area (Å²) in [5.74, 6) is -0.206. The quantitative estimate of drug-likeness (QED) is 0.586. The number of carbonyl (C=O) groups is 1. The van der Waals surface area contributed by atoms with Gasteiger partial charge in [-0.05, 0) is 62.2 Å². The molecule has 0 heterocycles. The van der Waals surface area contributed by atoms with Crippen molar-refractivity contribution in [2.75, 3.05) is 5.32 Å². The van der Waals surface area contributed by atoms with Crippen molar-refractivity contribution in [3.05, 3.63) is 60.4 Å². The van der Waals surface area contributed by atoms with Crippen LogP contribution in [0.5, 0.6) is 0 Å². The second kappa shape index (κ2) is 6.39. The molecule has 2 rings (SSSR count). The van der Waals surface area contributed by atoms with Gasteiger partial charge in [-0.15, -0.1) is 0 Å². The van der Waals surface area contributed by atoms with Gasteiger partial charge in [-0.25, -0.2) is 0 Å². The Labute approximate surface area is 140 Å². The van der Waals surface area contributed by atoms with Gasteiger partial charge in [-0.2, -0.15) is 0 Å². The minimum Gasteiger partial charge on any atom is -0.321 e. The van der Waals surface area contributed by atoms with E-state index >= 15 is 0 Å². The molecule has 0 saturated carbocycles. The van der Waals surface area contributed by atoms with Crippen molar-refractivity contribution in [1.29, 1.82) is 0 Å². The molecule has 1 amide bonds. The normalized spacial score (nSPS) is 10.3. The zero-order chi connectivity index (χ0) is 14.0. The first-order valence-corrected chi connectivity index (χ1v) is 7.95. The molecule has 0 saturated heterocycles. The van der Waals surface area contributed by atoms with Gasteiger partial charge in [0.25, 0.3) is 5.91 Å². The summed E-state index contributed by atoms with van der Waals surface area (Å²) in [5.41, 5.74) is 1.18. The highest BCUT2D eigenvalue weighted by molar-refractivity contribution is 9.11. The molecular formula is C13H7Br3ClNO. The van der Waals surface area contributed by atoms with E-state index in [0.717, 1.165) is 8.95 Å². The predicted molar refractivity (Wildman–Crippen MR) is 88.9 cm³/mol. The third-order valence-electron chi connectivity index (χ3n) is 2.38. The van der Waals surface area contributed by atoms with Gasteiger partial charge in [0.2, 0.25) is 0 Å². The lowest BCUT2D eigenvalue weighted by Gasteiger charge is -2.09. The van der Waals surface area contributed by atoms with E-state index in [1.54, 1.807) is 24.3 Å². The van der Waals surface area contributed by atoms with Crippen molar-refractivity contribution in [3.8, 4) is 0 Å². The van der Waals surface area contributed by atoms with Crippen LogP contribution in [0.4, 0.5) is 5.69 Å². The van der Waals surface area contributed by atoms with Crippen LogP contribution in [-0.2, 0) is 0 Å². The first-order valence-electron chi connectivity index (χ1n) is 5.19. The molecule has 0 atom stereocenters. The molecule has 0 aliphatic heterocycles. The van der Waals surface area contributed by atoms with Crippen molar-refractivity contribution in [2.24, 2.45) is 0 Å². The Morgan fingerprint density at radius 1 is 1.11 bits per heavy atom. The van der Waals surface area contributed by atoms with Crippen molar-refractivity contribution >= 4 is 71.0 Å². The average Bonchev–Trinajstić information content (AvgIpc) is 2.34.